The highest BCUT2D eigenvalue weighted by Gasteiger charge is 2.25. The molecule has 1 aliphatic carbocycles. The molecule has 1 fully saturated rings. The van der Waals surface area contributed by atoms with Gasteiger partial charge in [-0.25, -0.2) is 0 Å². The zero-order valence-corrected chi connectivity index (χ0v) is 14.1. The van der Waals surface area contributed by atoms with Crippen molar-refractivity contribution in [1.82, 2.24) is 4.90 Å². The largest absolute Gasteiger partial charge is 0.339 e. The molecule has 2 N–H and O–H groups in total. The maximum absolute atomic E-state index is 12.5. The Hall–Kier alpha value is -0.390. The first-order valence-corrected chi connectivity index (χ1v) is 8.05. The number of benzene rings is 1. The summed E-state index contributed by atoms with van der Waals surface area (Å²) in [5.41, 5.74) is 6.62. The zero-order valence-electron chi connectivity index (χ0n) is 10.9. The quantitative estimate of drug-likeness (QED) is 0.840. The van der Waals surface area contributed by atoms with Gasteiger partial charge in [-0.2, -0.15) is 0 Å². The van der Waals surface area contributed by atoms with E-state index in [1.165, 1.54) is 0 Å². The fourth-order valence-corrected chi connectivity index (χ4v) is 3.83. The summed E-state index contributed by atoms with van der Waals surface area (Å²) >= 11 is 6.83. The van der Waals surface area contributed by atoms with Gasteiger partial charge in [0.05, 0.1) is 0 Å². The standard InChI is InChI=1S/C14H18Br2N2O/c1-18(13-4-2-12(17)3-5-13)14(19)9-6-10(15)8-11(16)7-9/h6-8,12-13H,2-5,17H2,1H3. The number of nitrogens with zero attached hydrogens (tertiary/aromatic N) is 1. The molecule has 0 atom stereocenters. The Bertz CT molecular complexity index is 450. The van der Waals surface area contributed by atoms with Gasteiger partial charge in [0.25, 0.3) is 5.91 Å². The lowest BCUT2D eigenvalue weighted by Crippen LogP contribution is -2.41. The predicted octanol–water partition coefficient (Wildman–Crippen LogP) is 3.55. The summed E-state index contributed by atoms with van der Waals surface area (Å²) in [5, 5.41) is 0. The highest BCUT2D eigenvalue weighted by Crippen LogP contribution is 2.25. The van der Waals surface area contributed by atoms with E-state index in [0.29, 0.717) is 17.6 Å². The van der Waals surface area contributed by atoms with Crippen molar-refractivity contribution in [1.29, 1.82) is 0 Å². The van der Waals surface area contributed by atoms with Gasteiger partial charge in [-0.15, -0.1) is 0 Å². The van der Waals surface area contributed by atoms with Crippen LogP contribution in [0.2, 0.25) is 0 Å². The third-order valence-electron chi connectivity index (χ3n) is 3.72. The topological polar surface area (TPSA) is 46.3 Å². The Balaban J connectivity index is 2.10. The summed E-state index contributed by atoms with van der Waals surface area (Å²) in [4.78, 5) is 14.3. The molecule has 19 heavy (non-hydrogen) atoms. The summed E-state index contributed by atoms with van der Waals surface area (Å²) in [5.74, 6) is 0.0717. The summed E-state index contributed by atoms with van der Waals surface area (Å²) in [6.45, 7) is 0. The molecule has 0 bridgehead atoms. The SMILES string of the molecule is CN(C(=O)c1cc(Br)cc(Br)c1)C1CCC(N)CC1. The van der Waals surface area contributed by atoms with Gasteiger partial charge < -0.3 is 10.6 Å². The van der Waals surface area contributed by atoms with Crippen molar-refractivity contribution in [2.45, 2.75) is 37.8 Å². The molecule has 0 radical (unpaired) electrons. The number of hydrogen-bond acceptors (Lipinski definition) is 2. The Morgan fingerprint density at radius 3 is 2.21 bits per heavy atom. The van der Waals surface area contributed by atoms with Gasteiger partial charge >= 0.3 is 0 Å². The van der Waals surface area contributed by atoms with Gasteiger partial charge in [0.1, 0.15) is 0 Å². The fraction of sp³-hybridized carbons (Fsp3) is 0.500. The number of carbonyl (C=O) groups excluding carboxylic acids is 1. The Morgan fingerprint density at radius 2 is 1.68 bits per heavy atom. The lowest BCUT2D eigenvalue weighted by molar-refractivity contribution is 0.0690. The molecular formula is C14H18Br2N2O. The van der Waals surface area contributed by atoms with Crippen LogP contribution in [0.1, 0.15) is 36.0 Å². The minimum absolute atomic E-state index is 0.0717. The van der Waals surface area contributed by atoms with E-state index in [9.17, 15) is 4.79 Å². The van der Waals surface area contributed by atoms with E-state index in [2.05, 4.69) is 31.9 Å². The van der Waals surface area contributed by atoms with Crippen LogP contribution in [-0.2, 0) is 0 Å². The number of hydrogen-bond donors (Lipinski definition) is 1. The van der Waals surface area contributed by atoms with Gasteiger partial charge in [0, 0.05) is 33.6 Å². The summed E-state index contributed by atoms with van der Waals surface area (Å²) in [7, 11) is 1.89. The van der Waals surface area contributed by atoms with Crippen molar-refractivity contribution in [3.8, 4) is 0 Å². The molecule has 0 aliphatic heterocycles. The maximum atomic E-state index is 12.5. The molecule has 0 heterocycles. The number of rotatable bonds is 2. The smallest absolute Gasteiger partial charge is 0.253 e. The van der Waals surface area contributed by atoms with Crippen molar-refractivity contribution in [3.63, 3.8) is 0 Å². The van der Waals surface area contributed by atoms with Gasteiger partial charge in [-0.3, -0.25) is 4.79 Å². The minimum Gasteiger partial charge on any atom is -0.339 e. The first kappa shape index (κ1) is 15.0. The van der Waals surface area contributed by atoms with E-state index < -0.39 is 0 Å². The van der Waals surface area contributed by atoms with Crippen LogP contribution >= 0.6 is 31.9 Å². The second kappa shape index (κ2) is 6.37. The van der Waals surface area contributed by atoms with E-state index in [-0.39, 0.29) is 5.91 Å². The lowest BCUT2D eigenvalue weighted by atomic mass is 9.90. The third-order valence-corrected chi connectivity index (χ3v) is 4.63. The molecule has 1 aliphatic rings. The summed E-state index contributed by atoms with van der Waals surface area (Å²) in [6, 6.07) is 6.26. The maximum Gasteiger partial charge on any atom is 0.253 e. The van der Waals surface area contributed by atoms with Crippen LogP contribution in [0.4, 0.5) is 0 Å². The Kier molecular flexibility index (Phi) is 5.03. The van der Waals surface area contributed by atoms with Crippen molar-refractivity contribution >= 4 is 37.8 Å². The van der Waals surface area contributed by atoms with Crippen LogP contribution in [0.5, 0.6) is 0 Å². The normalized spacial score (nSPS) is 23.2. The minimum atomic E-state index is 0.0717. The van der Waals surface area contributed by atoms with Crippen LogP contribution in [0, 0.1) is 0 Å². The Morgan fingerprint density at radius 1 is 1.16 bits per heavy atom. The average Bonchev–Trinajstić information content (AvgIpc) is 2.37. The van der Waals surface area contributed by atoms with E-state index in [1.807, 2.05) is 30.1 Å². The molecule has 1 aromatic rings. The Labute approximate surface area is 130 Å². The molecular weight excluding hydrogens is 372 g/mol. The van der Waals surface area contributed by atoms with E-state index in [0.717, 1.165) is 34.6 Å². The zero-order chi connectivity index (χ0) is 14.0. The molecule has 3 nitrogen and oxygen atoms in total. The molecule has 2 rings (SSSR count). The van der Waals surface area contributed by atoms with Crippen LogP contribution in [0.15, 0.2) is 27.1 Å². The van der Waals surface area contributed by atoms with Gasteiger partial charge in [0.15, 0.2) is 0 Å². The molecule has 1 saturated carbocycles. The molecule has 0 spiro atoms. The second-order valence-electron chi connectivity index (χ2n) is 5.14. The van der Waals surface area contributed by atoms with Crippen molar-refractivity contribution in [2.24, 2.45) is 5.73 Å². The summed E-state index contributed by atoms with van der Waals surface area (Å²) in [6.07, 6.45) is 4.01. The van der Waals surface area contributed by atoms with Crippen molar-refractivity contribution < 1.29 is 4.79 Å². The number of amides is 1. The second-order valence-corrected chi connectivity index (χ2v) is 6.97. The first-order valence-electron chi connectivity index (χ1n) is 6.46. The number of halogens is 2. The monoisotopic (exact) mass is 388 g/mol. The van der Waals surface area contributed by atoms with E-state index >= 15 is 0 Å². The van der Waals surface area contributed by atoms with Crippen LogP contribution in [0.3, 0.4) is 0 Å². The van der Waals surface area contributed by atoms with Crippen molar-refractivity contribution in [3.05, 3.63) is 32.7 Å². The van der Waals surface area contributed by atoms with Gasteiger partial charge in [-0.1, -0.05) is 31.9 Å². The fourth-order valence-electron chi connectivity index (χ4n) is 2.54. The highest BCUT2D eigenvalue weighted by molar-refractivity contribution is 9.11. The highest BCUT2D eigenvalue weighted by atomic mass is 79.9. The van der Waals surface area contributed by atoms with Gasteiger partial charge in [0.2, 0.25) is 0 Å². The average molecular weight is 390 g/mol. The molecule has 0 unspecified atom stereocenters. The first-order chi connectivity index (χ1) is 8.97. The third kappa shape index (κ3) is 3.80. The molecule has 0 aromatic heterocycles. The van der Waals surface area contributed by atoms with Gasteiger partial charge in [-0.05, 0) is 43.9 Å². The molecule has 1 amide bonds. The van der Waals surface area contributed by atoms with Crippen LogP contribution in [0.25, 0.3) is 0 Å². The number of carbonyl (C=O) groups is 1. The molecule has 1 aromatic carbocycles. The number of nitrogens with two attached hydrogens (primary N) is 1. The lowest BCUT2D eigenvalue weighted by Gasteiger charge is -2.33. The van der Waals surface area contributed by atoms with Crippen molar-refractivity contribution in [2.75, 3.05) is 7.05 Å². The summed E-state index contributed by atoms with van der Waals surface area (Å²) < 4.78 is 1.81. The van der Waals surface area contributed by atoms with E-state index in [1.54, 1.807) is 0 Å². The van der Waals surface area contributed by atoms with Crippen LogP contribution in [-0.4, -0.2) is 29.9 Å². The molecule has 0 saturated heterocycles. The predicted molar refractivity (Wildman–Crippen MR) is 84.2 cm³/mol. The van der Waals surface area contributed by atoms with Crippen LogP contribution < -0.4 is 5.73 Å². The molecule has 5 heteroatoms. The van der Waals surface area contributed by atoms with E-state index in [4.69, 9.17) is 5.73 Å². The molecule has 104 valence electrons.